The minimum Gasteiger partial charge on any atom is -0.505 e. The number of aromatic nitrogens is 1. The largest absolute Gasteiger partial charge is 0.505 e. The number of amides is 1. The van der Waals surface area contributed by atoms with Crippen molar-refractivity contribution in [2.24, 2.45) is 0 Å². The van der Waals surface area contributed by atoms with Crippen LogP contribution in [0.3, 0.4) is 0 Å². The molecule has 0 fully saturated rings. The van der Waals surface area contributed by atoms with Gasteiger partial charge < -0.3 is 15.5 Å². The number of nitrogens with one attached hydrogen (secondary N) is 1. The van der Waals surface area contributed by atoms with E-state index in [-0.39, 0.29) is 16.2 Å². The van der Waals surface area contributed by atoms with Crippen LogP contribution in [-0.2, 0) is 4.79 Å². The molecule has 6 nitrogen and oxygen atoms in total. The maximum Gasteiger partial charge on any atom is 0.322 e. The average molecular weight is 340 g/mol. The number of hydrogen-bond acceptors (Lipinski definition) is 4. The summed E-state index contributed by atoms with van der Waals surface area (Å²) in [7, 11) is 11.7. The first-order valence-electron chi connectivity index (χ1n) is 6.75. The quantitative estimate of drug-likeness (QED) is 0.671. The van der Waals surface area contributed by atoms with Gasteiger partial charge in [0.05, 0.1) is 0 Å². The van der Waals surface area contributed by atoms with Crippen LogP contribution in [0.5, 0.6) is 5.75 Å². The average Bonchev–Trinajstić information content (AvgIpc) is 2.50. The fourth-order valence-electron chi connectivity index (χ4n) is 2.23. The second kappa shape index (κ2) is 6.97. The van der Waals surface area contributed by atoms with Gasteiger partial charge in [0.25, 0.3) is 5.91 Å². The minimum atomic E-state index is -1.21. The number of rotatable bonds is 4. The van der Waals surface area contributed by atoms with Crippen molar-refractivity contribution in [2.75, 3.05) is 6.54 Å². The van der Waals surface area contributed by atoms with Crippen molar-refractivity contribution in [1.82, 2.24) is 10.3 Å². The van der Waals surface area contributed by atoms with E-state index < -0.39 is 24.2 Å². The van der Waals surface area contributed by atoms with E-state index >= 15 is 0 Å². The second-order valence-electron chi connectivity index (χ2n) is 5.05. The highest BCUT2D eigenvalue weighted by atomic mass is 35.5. The molecule has 0 aliphatic carbocycles. The molecular weight excluding hydrogens is 329 g/mol. The number of carboxylic acids is 1. The SMILES string of the molecule is [B]c1cc(C)c(-c2cnc(C(=O)NCC(=O)O)c(O)c2)c([B])c1Cl. The summed E-state index contributed by atoms with van der Waals surface area (Å²) in [5, 5.41) is 20.9. The van der Waals surface area contributed by atoms with Gasteiger partial charge in [-0.1, -0.05) is 28.6 Å². The molecular formula is C15H11B2ClN2O4. The maximum absolute atomic E-state index is 11.8. The molecule has 0 spiro atoms. The van der Waals surface area contributed by atoms with Gasteiger partial charge in [0.1, 0.15) is 28.0 Å². The van der Waals surface area contributed by atoms with E-state index in [4.69, 9.17) is 32.4 Å². The fourth-order valence-corrected chi connectivity index (χ4v) is 2.38. The zero-order valence-corrected chi connectivity index (χ0v) is 13.4. The predicted octanol–water partition coefficient (Wildman–Crippen LogP) is -0.182. The van der Waals surface area contributed by atoms with E-state index in [2.05, 4.69) is 10.3 Å². The zero-order chi connectivity index (χ0) is 18.0. The lowest BCUT2D eigenvalue weighted by molar-refractivity contribution is -0.135. The molecule has 24 heavy (non-hydrogen) atoms. The Morgan fingerprint density at radius 3 is 2.58 bits per heavy atom. The molecule has 118 valence electrons. The lowest BCUT2D eigenvalue weighted by Crippen LogP contribution is -2.30. The van der Waals surface area contributed by atoms with Gasteiger partial charge in [-0.3, -0.25) is 9.59 Å². The first-order chi connectivity index (χ1) is 11.2. The number of carbonyl (C=O) groups is 2. The summed E-state index contributed by atoms with van der Waals surface area (Å²) in [5.41, 5.74) is 1.97. The van der Waals surface area contributed by atoms with Crippen molar-refractivity contribution < 1.29 is 19.8 Å². The number of carboxylic acid groups (broad SMARTS) is 1. The van der Waals surface area contributed by atoms with Crippen molar-refractivity contribution in [3.63, 3.8) is 0 Å². The van der Waals surface area contributed by atoms with E-state index in [1.54, 1.807) is 13.0 Å². The van der Waals surface area contributed by atoms with E-state index in [1.807, 2.05) is 0 Å². The summed E-state index contributed by atoms with van der Waals surface area (Å²) >= 11 is 6.04. The third-order valence-electron chi connectivity index (χ3n) is 3.30. The Balaban J connectivity index is 2.42. The number of aryl methyl sites for hydroxylation is 1. The normalized spacial score (nSPS) is 10.4. The number of halogens is 1. The molecule has 9 heteroatoms. The Morgan fingerprint density at radius 2 is 2.00 bits per heavy atom. The van der Waals surface area contributed by atoms with Gasteiger partial charge in [-0.05, 0) is 24.1 Å². The van der Waals surface area contributed by atoms with Crippen molar-refractivity contribution >= 4 is 50.1 Å². The minimum absolute atomic E-state index is 0.193. The van der Waals surface area contributed by atoms with Crippen LogP contribution in [-0.4, -0.2) is 49.3 Å². The van der Waals surface area contributed by atoms with E-state index in [0.29, 0.717) is 16.6 Å². The standard InChI is InChI=1S/C15H11B2ClN2O4/c1-6-2-8(16)13(18)12(17)11(6)7-3-9(21)14(19-4-7)15(24)20-5-10(22)23/h2-4,21H,5H2,1H3,(H,20,24)(H,22,23). The number of aliphatic carboxylic acids is 1. The van der Waals surface area contributed by atoms with Gasteiger partial charge in [0, 0.05) is 16.8 Å². The number of hydrogen-bond donors (Lipinski definition) is 3. The second-order valence-corrected chi connectivity index (χ2v) is 5.43. The van der Waals surface area contributed by atoms with Gasteiger partial charge in [-0.2, -0.15) is 0 Å². The number of carbonyl (C=O) groups excluding carboxylic acids is 1. The van der Waals surface area contributed by atoms with Gasteiger partial charge in [-0.25, -0.2) is 4.98 Å². The summed E-state index contributed by atoms with van der Waals surface area (Å²) in [5.74, 6) is -2.43. The molecule has 0 bridgehead atoms. The number of aromatic hydroxyl groups is 1. The first-order valence-corrected chi connectivity index (χ1v) is 7.13. The van der Waals surface area contributed by atoms with Crippen LogP contribution in [0, 0.1) is 6.92 Å². The molecule has 3 N–H and O–H groups in total. The van der Waals surface area contributed by atoms with E-state index in [9.17, 15) is 14.7 Å². The molecule has 0 atom stereocenters. The number of benzene rings is 1. The molecule has 4 radical (unpaired) electrons. The van der Waals surface area contributed by atoms with Crippen LogP contribution in [0.4, 0.5) is 0 Å². The predicted molar refractivity (Wildman–Crippen MR) is 91.8 cm³/mol. The van der Waals surface area contributed by atoms with Crippen LogP contribution in [0.2, 0.25) is 5.02 Å². The third-order valence-corrected chi connectivity index (χ3v) is 3.72. The molecule has 1 amide bonds. The summed E-state index contributed by atoms with van der Waals surface area (Å²) in [6.07, 6.45) is 1.33. The Labute approximate surface area is 145 Å². The van der Waals surface area contributed by atoms with E-state index in [1.165, 1.54) is 12.3 Å². The van der Waals surface area contributed by atoms with Crippen LogP contribution in [0.25, 0.3) is 11.1 Å². The van der Waals surface area contributed by atoms with Crippen molar-refractivity contribution in [2.45, 2.75) is 6.92 Å². The highest BCUT2D eigenvalue weighted by molar-refractivity contribution is 6.54. The first kappa shape index (κ1) is 17.9. The summed E-state index contributed by atoms with van der Waals surface area (Å²) in [4.78, 5) is 26.1. The molecule has 1 aromatic carbocycles. The van der Waals surface area contributed by atoms with Crippen LogP contribution < -0.4 is 16.2 Å². The van der Waals surface area contributed by atoms with Crippen molar-refractivity contribution in [3.8, 4) is 16.9 Å². The van der Waals surface area contributed by atoms with Gasteiger partial charge in [0.15, 0.2) is 5.69 Å². The molecule has 0 saturated carbocycles. The molecule has 2 rings (SSSR count). The number of nitrogens with zero attached hydrogens (tertiary/aromatic N) is 1. The zero-order valence-electron chi connectivity index (χ0n) is 12.6. The van der Waals surface area contributed by atoms with Crippen molar-refractivity contribution in [3.05, 3.63) is 34.6 Å². The molecule has 0 aliphatic heterocycles. The summed E-state index contributed by atoms with van der Waals surface area (Å²) < 4.78 is 0. The molecule has 0 unspecified atom stereocenters. The summed E-state index contributed by atoms with van der Waals surface area (Å²) in [6, 6.07) is 2.94. The topological polar surface area (TPSA) is 99.5 Å². The van der Waals surface area contributed by atoms with Crippen LogP contribution in [0.15, 0.2) is 18.3 Å². The van der Waals surface area contributed by atoms with Crippen molar-refractivity contribution in [1.29, 1.82) is 0 Å². The fraction of sp³-hybridized carbons (Fsp3) is 0.133. The number of pyridine rings is 1. The Bertz CT molecular complexity index is 843. The Hall–Kier alpha value is -2.47. The monoisotopic (exact) mass is 340 g/mol. The lowest BCUT2D eigenvalue weighted by atomic mass is 9.79. The van der Waals surface area contributed by atoms with Gasteiger partial charge in [-0.15, -0.1) is 0 Å². The van der Waals surface area contributed by atoms with Crippen LogP contribution >= 0.6 is 11.6 Å². The highest BCUT2D eigenvalue weighted by Gasteiger charge is 2.17. The Morgan fingerprint density at radius 1 is 1.33 bits per heavy atom. The van der Waals surface area contributed by atoms with Gasteiger partial charge in [0.2, 0.25) is 0 Å². The smallest absolute Gasteiger partial charge is 0.322 e. The van der Waals surface area contributed by atoms with Crippen LogP contribution in [0.1, 0.15) is 16.1 Å². The van der Waals surface area contributed by atoms with Gasteiger partial charge >= 0.3 is 5.97 Å². The third kappa shape index (κ3) is 3.54. The summed E-state index contributed by atoms with van der Waals surface area (Å²) in [6.45, 7) is 1.18. The molecule has 0 aliphatic rings. The molecule has 0 saturated heterocycles. The lowest BCUT2D eigenvalue weighted by Gasteiger charge is -2.15. The maximum atomic E-state index is 11.8. The molecule has 1 heterocycles. The highest BCUT2D eigenvalue weighted by Crippen LogP contribution is 2.27. The molecule has 2 aromatic rings. The van der Waals surface area contributed by atoms with E-state index in [0.717, 1.165) is 5.56 Å². The Kier molecular flexibility index (Phi) is 5.19. The molecule has 1 aromatic heterocycles.